The first-order chi connectivity index (χ1) is 15.9. The van der Waals surface area contributed by atoms with E-state index in [2.05, 4.69) is 60.6 Å². The van der Waals surface area contributed by atoms with Crippen molar-refractivity contribution in [1.82, 2.24) is 0 Å². The molecule has 3 nitrogen and oxygen atoms in total. The molecule has 0 aromatic rings. The predicted octanol–water partition coefficient (Wildman–Crippen LogP) is 7.30. The fourth-order valence-electron chi connectivity index (χ4n) is 10.2. The molecule has 10 atom stereocenters. The molecule has 192 valence electrons. The summed E-state index contributed by atoms with van der Waals surface area (Å²) >= 11 is 0. The SMILES string of the molecule is COC1OC(C=C(C)C)C[C@H]1[C@@H]1CC[C@]2(C)C3=CC[C@H]4C(C)(C)[C@H](O)CC[C@]4(C)[C@H]3CC[C@@]12C. The Morgan fingerprint density at radius 3 is 2.47 bits per heavy atom. The van der Waals surface area contributed by atoms with Crippen LogP contribution in [0.2, 0.25) is 0 Å². The first kappa shape index (κ1) is 25.0. The topological polar surface area (TPSA) is 38.7 Å². The smallest absolute Gasteiger partial charge is 0.161 e. The monoisotopic (exact) mass is 470 g/mol. The van der Waals surface area contributed by atoms with Gasteiger partial charge in [-0.2, -0.15) is 0 Å². The van der Waals surface area contributed by atoms with Crippen LogP contribution in [0.1, 0.15) is 99.8 Å². The predicted molar refractivity (Wildman–Crippen MR) is 138 cm³/mol. The highest BCUT2D eigenvalue weighted by molar-refractivity contribution is 5.33. The van der Waals surface area contributed by atoms with Crippen molar-refractivity contribution in [3.63, 3.8) is 0 Å². The molecule has 0 radical (unpaired) electrons. The summed E-state index contributed by atoms with van der Waals surface area (Å²) in [6.45, 7) is 16.8. The molecule has 1 aliphatic heterocycles. The number of hydrogen-bond donors (Lipinski definition) is 1. The Bertz CT molecular complexity index is 868. The number of rotatable bonds is 3. The molecule has 0 amide bonds. The molecule has 4 aliphatic carbocycles. The highest BCUT2D eigenvalue weighted by Crippen LogP contribution is 2.73. The van der Waals surface area contributed by atoms with Gasteiger partial charge < -0.3 is 14.6 Å². The number of aliphatic hydroxyl groups is 1. The second-order valence-electron chi connectivity index (χ2n) is 14.2. The molecule has 0 aromatic heterocycles. The van der Waals surface area contributed by atoms with Crippen LogP contribution in [-0.2, 0) is 9.47 Å². The van der Waals surface area contributed by atoms with E-state index in [1.807, 2.05) is 7.11 Å². The van der Waals surface area contributed by atoms with Crippen LogP contribution < -0.4 is 0 Å². The number of fused-ring (bicyclic) bond motifs is 5. The van der Waals surface area contributed by atoms with Gasteiger partial charge in [0.15, 0.2) is 6.29 Å². The number of allylic oxidation sites excluding steroid dienone is 3. The summed E-state index contributed by atoms with van der Waals surface area (Å²) in [6.07, 6.45) is 14.5. The maximum atomic E-state index is 10.9. The number of ether oxygens (including phenoxy) is 2. The molecule has 1 saturated heterocycles. The van der Waals surface area contributed by atoms with Crippen LogP contribution in [-0.4, -0.2) is 30.7 Å². The Hall–Kier alpha value is -0.640. The van der Waals surface area contributed by atoms with Crippen molar-refractivity contribution >= 4 is 0 Å². The van der Waals surface area contributed by atoms with Crippen LogP contribution in [0.3, 0.4) is 0 Å². The van der Waals surface area contributed by atoms with Crippen LogP contribution in [0, 0.1) is 45.3 Å². The zero-order valence-corrected chi connectivity index (χ0v) is 23.1. The standard InChI is InChI=1S/C31H50O3/c1-19(2)17-20-18-21(27(33-8)34-20)22-11-15-31(7)24-9-10-25-28(3,4)26(32)13-14-29(25,5)23(24)12-16-30(22,31)6/h9,17,20-23,25-27,32H,10-16,18H2,1-8H3/t20?,21-,22-,23-,25-,26+,27?,29+,30-,31+/m0/s1. The average Bonchev–Trinajstić information content (AvgIpc) is 3.28. The van der Waals surface area contributed by atoms with Crippen molar-refractivity contribution in [3.8, 4) is 0 Å². The van der Waals surface area contributed by atoms with E-state index in [0.717, 1.165) is 19.3 Å². The van der Waals surface area contributed by atoms with Crippen molar-refractivity contribution < 1.29 is 14.6 Å². The lowest BCUT2D eigenvalue weighted by molar-refractivity contribution is -0.150. The number of hydrogen-bond acceptors (Lipinski definition) is 3. The van der Waals surface area contributed by atoms with Gasteiger partial charge in [-0.1, -0.05) is 57.9 Å². The molecule has 34 heavy (non-hydrogen) atoms. The maximum absolute atomic E-state index is 10.9. The van der Waals surface area contributed by atoms with Gasteiger partial charge in [-0.15, -0.1) is 0 Å². The van der Waals surface area contributed by atoms with E-state index >= 15 is 0 Å². The second kappa shape index (κ2) is 8.18. The molecule has 1 N–H and O–H groups in total. The lowest BCUT2D eigenvalue weighted by Gasteiger charge is -2.64. The maximum Gasteiger partial charge on any atom is 0.161 e. The van der Waals surface area contributed by atoms with Gasteiger partial charge in [-0.3, -0.25) is 0 Å². The van der Waals surface area contributed by atoms with E-state index < -0.39 is 0 Å². The average molecular weight is 471 g/mol. The highest BCUT2D eigenvalue weighted by atomic mass is 16.7. The summed E-state index contributed by atoms with van der Waals surface area (Å²) in [5, 5.41) is 10.9. The first-order valence-corrected chi connectivity index (χ1v) is 14.1. The van der Waals surface area contributed by atoms with Crippen LogP contribution in [0.5, 0.6) is 0 Å². The lowest BCUT2D eigenvalue weighted by Crippen LogP contribution is -2.58. The molecule has 1 heterocycles. The minimum Gasteiger partial charge on any atom is -0.393 e. The van der Waals surface area contributed by atoms with Crippen LogP contribution in [0.4, 0.5) is 0 Å². The zero-order chi connectivity index (χ0) is 24.7. The molecule has 0 aromatic carbocycles. The Balaban J connectivity index is 1.47. The number of methoxy groups -OCH3 is 1. The van der Waals surface area contributed by atoms with Crippen LogP contribution in [0.25, 0.3) is 0 Å². The summed E-state index contributed by atoms with van der Waals surface area (Å²) in [5.74, 6) is 2.38. The molecule has 0 bridgehead atoms. The second-order valence-corrected chi connectivity index (χ2v) is 14.2. The Labute approximate surface area is 208 Å². The van der Waals surface area contributed by atoms with Crippen LogP contribution >= 0.6 is 0 Å². The Morgan fingerprint density at radius 2 is 1.79 bits per heavy atom. The van der Waals surface area contributed by atoms with E-state index in [9.17, 15) is 5.11 Å². The van der Waals surface area contributed by atoms with Crippen molar-refractivity contribution in [2.75, 3.05) is 7.11 Å². The van der Waals surface area contributed by atoms with Gasteiger partial charge >= 0.3 is 0 Å². The molecular formula is C31H50O3. The molecule has 5 aliphatic rings. The molecule has 0 spiro atoms. The molecule has 3 saturated carbocycles. The van der Waals surface area contributed by atoms with E-state index in [0.29, 0.717) is 34.5 Å². The first-order valence-electron chi connectivity index (χ1n) is 14.1. The summed E-state index contributed by atoms with van der Waals surface area (Å²) in [4.78, 5) is 0. The minimum absolute atomic E-state index is 0.00169. The largest absolute Gasteiger partial charge is 0.393 e. The molecule has 2 unspecified atom stereocenters. The van der Waals surface area contributed by atoms with Gasteiger partial charge in [-0.05, 0) is 105 Å². The van der Waals surface area contributed by atoms with Crippen molar-refractivity contribution in [2.24, 2.45) is 45.3 Å². The molecule has 4 fully saturated rings. The van der Waals surface area contributed by atoms with Gasteiger partial charge in [0.25, 0.3) is 0 Å². The third-order valence-corrected chi connectivity index (χ3v) is 12.3. The van der Waals surface area contributed by atoms with E-state index in [1.54, 1.807) is 5.57 Å². The van der Waals surface area contributed by atoms with E-state index in [-0.39, 0.29) is 29.3 Å². The molecule has 5 rings (SSSR count). The third kappa shape index (κ3) is 3.32. The van der Waals surface area contributed by atoms with Gasteiger partial charge in [0, 0.05) is 13.0 Å². The fraction of sp³-hybridized carbons (Fsp3) is 0.871. The highest BCUT2D eigenvalue weighted by Gasteiger charge is 2.66. The molecule has 3 heteroatoms. The van der Waals surface area contributed by atoms with Gasteiger partial charge in [0.2, 0.25) is 0 Å². The molecular weight excluding hydrogens is 420 g/mol. The van der Waals surface area contributed by atoms with Gasteiger partial charge in [0.1, 0.15) is 0 Å². The lowest BCUT2D eigenvalue weighted by atomic mass is 9.41. The van der Waals surface area contributed by atoms with Crippen molar-refractivity contribution in [1.29, 1.82) is 0 Å². The fourth-order valence-corrected chi connectivity index (χ4v) is 10.2. The zero-order valence-electron chi connectivity index (χ0n) is 23.1. The van der Waals surface area contributed by atoms with Crippen molar-refractivity contribution in [2.45, 2.75) is 118 Å². The number of aliphatic hydroxyl groups excluding tert-OH is 1. The summed E-state index contributed by atoms with van der Waals surface area (Å²) in [6, 6.07) is 0. The van der Waals surface area contributed by atoms with Crippen molar-refractivity contribution in [3.05, 3.63) is 23.3 Å². The van der Waals surface area contributed by atoms with E-state index in [4.69, 9.17) is 9.47 Å². The summed E-state index contributed by atoms with van der Waals surface area (Å²) in [5.41, 5.74) is 3.99. The Kier molecular flexibility index (Phi) is 6.02. The van der Waals surface area contributed by atoms with E-state index in [1.165, 1.54) is 37.7 Å². The Morgan fingerprint density at radius 1 is 1.06 bits per heavy atom. The van der Waals surface area contributed by atoms with Crippen LogP contribution in [0.15, 0.2) is 23.3 Å². The normalized spacial score (nSPS) is 51.8. The quantitative estimate of drug-likeness (QED) is 0.440. The van der Waals surface area contributed by atoms with Gasteiger partial charge in [-0.25, -0.2) is 0 Å². The third-order valence-electron chi connectivity index (χ3n) is 12.3. The van der Waals surface area contributed by atoms with Gasteiger partial charge in [0.05, 0.1) is 12.2 Å². The minimum atomic E-state index is -0.164. The summed E-state index contributed by atoms with van der Waals surface area (Å²) in [7, 11) is 1.83. The summed E-state index contributed by atoms with van der Waals surface area (Å²) < 4.78 is 12.3.